The van der Waals surface area contributed by atoms with Crippen LogP contribution in [0.1, 0.15) is 18.4 Å². The van der Waals surface area contributed by atoms with Gasteiger partial charge in [-0.2, -0.15) is 0 Å². The highest BCUT2D eigenvalue weighted by atomic mass is 16.6. The zero-order chi connectivity index (χ0) is 13.7. The Hall–Kier alpha value is -1.81. The Kier molecular flexibility index (Phi) is 4.22. The van der Waals surface area contributed by atoms with E-state index in [1.807, 2.05) is 30.3 Å². The van der Waals surface area contributed by atoms with Crippen molar-refractivity contribution in [2.45, 2.75) is 25.0 Å². The summed E-state index contributed by atoms with van der Waals surface area (Å²) in [7, 11) is 0. The molecule has 0 aromatic heterocycles. The molecule has 0 unspecified atom stereocenters. The first-order valence-corrected chi connectivity index (χ1v) is 6.44. The van der Waals surface area contributed by atoms with Crippen LogP contribution in [0.15, 0.2) is 43.0 Å². The Bertz CT molecular complexity index is 436. The fourth-order valence-corrected chi connectivity index (χ4v) is 2.09. The van der Waals surface area contributed by atoms with Crippen molar-refractivity contribution in [2.24, 2.45) is 0 Å². The molecule has 102 valence electrons. The van der Waals surface area contributed by atoms with Gasteiger partial charge in [0.2, 0.25) is 0 Å². The molecule has 1 aromatic carbocycles. The third kappa shape index (κ3) is 3.58. The van der Waals surface area contributed by atoms with Crippen LogP contribution in [0.2, 0.25) is 0 Å². The lowest BCUT2D eigenvalue weighted by atomic mass is 9.92. The molecule has 0 atom stereocenters. The lowest BCUT2D eigenvalue weighted by Crippen LogP contribution is -2.45. The molecule has 0 aliphatic carbocycles. The number of nitrogens with zero attached hydrogens (tertiary/aromatic N) is 1. The van der Waals surface area contributed by atoms with Crippen molar-refractivity contribution in [1.82, 2.24) is 4.90 Å². The molecule has 1 N–H and O–H groups in total. The maximum absolute atomic E-state index is 11.9. The Morgan fingerprint density at radius 3 is 2.58 bits per heavy atom. The molecule has 1 aliphatic rings. The fourth-order valence-electron chi connectivity index (χ4n) is 2.09. The van der Waals surface area contributed by atoms with E-state index in [0.29, 0.717) is 25.9 Å². The van der Waals surface area contributed by atoms with Gasteiger partial charge in [-0.3, -0.25) is 0 Å². The summed E-state index contributed by atoms with van der Waals surface area (Å²) in [6.07, 6.45) is 2.25. The zero-order valence-corrected chi connectivity index (χ0v) is 10.9. The molecule has 0 radical (unpaired) electrons. The Morgan fingerprint density at radius 1 is 1.37 bits per heavy atom. The van der Waals surface area contributed by atoms with Crippen molar-refractivity contribution in [2.75, 3.05) is 13.1 Å². The molecule has 4 nitrogen and oxygen atoms in total. The molecule has 2 rings (SSSR count). The van der Waals surface area contributed by atoms with Crippen LogP contribution in [-0.2, 0) is 11.3 Å². The number of amides is 1. The van der Waals surface area contributed by atoms with E-state index in [0.717, 1.165) is 5.56 Å². The molecule has 0 saturated carbocycles. The Balaban J connectivity index is 1.80. The third-order valence-corrected chi connectivity index (χ3v) is 3.47. The second-order valence-corrected chi connectivity index (χ2v) is 4.83. The predicted molar refractivity (Wildman–Crippen MR) is 72.6 cm³/mol. The predicted octanol–water partition coefficient (Wildman–Crippen LogP) is 2.34. The van der Waals surface area contributed by atoms with Gasteiger partial charge in [-0.15, -0.1) is 6.58 Å². The topological polar surface area (TPSA) is 49.8 Å². The van der Waals surface area contributed by atoms with E-state index >= 15 is 0 Å². The minimum Gasteiger partial charge on any atom is -0.445 e. The molecule has 1 amide bonds. The molecule has 0 bridgehead atoms. The van der Waals surface area contributed by atoms with Crippen molar-refractivity contribution in [1.29, 1.82) is 0 Å². The molecule has 4 heteroatoms. The fraction of sp³-hybridized carbons (Fsp3) is 0.400. The first-order chi connectivity index (χ1) is 9.13. The zero-order valence-electron chi connectivity index (χ0n) is 10.9. The SMILES string of the molecule is C=CC1(O)CCN(C(=O)OCc2ccccc2)CC1. The van der Waals surface area contributed by atoms with E-state index in [1.165, 1.54) is 0 Å². The van der Waals surface area contributed by atoms with Gasteiger partial charge in [-0.05, 0) is 18.4 Å². The van der Waals surface area contributed by atoms with Gasteiger partial charge in [-0.25, -0.2) is 4.79 Å². The van der Waals surface area contributed by atoms with Crippen LogP contribution in [0, 0.1) is 0 Å². The summed E-state index contributed by atoms with van der Waals surface area (Å²) >= 11 is 0. The highest BCUT2D eigenvalue weighted by Crippen LogP contribution is 2.23. The van der Waals surface area contributed by atoms with E-state index in [4.69, 9.17) is 4.74 Å². The summed E-state index contributed by atoms with van der Waals surface area (Å²) in [6.45, 7) is 4.89. The number of ether oxygens (including phenoxy) is 1. The second-order valence-electron chi connectivity index (χ2n) is 4.83. The van der Waals surface area contributed by atoms with Crippen LogP contribution in [0.3, 0.4) is 0 Å². The average Bonchev–Trinajstić information content (AvgIpc) is 2.47. The quantitative estimate of drug-likeness (QED) is 0.850. The number of likely N-dealkylation sites (tertiary alicyclic amines) is 1. The lowest BCUT2D eigenvalue weighted by Gasteiger charge is -2.35. The van der Waals surface area contributed by atoms with Gasteiger partial charge in [0.05, 0.1) is 5.60 Å². The van der Waals surface area contributed by atoms with Crippen LogP contribution >= 0.6 is 0 Å². The summed E-state index contributed by atoms with van der Waals surface area (Å²) in [5, 5.41) is 9.99. The largest absolute Gasteiger partial charge is 0.445 e. The van der Waals surface area contributed by atoms with Crippen LogP contribution in [0.4, 0.5) is 4.79 Å². The second kappa shape index (κ2) is 5.89. The lowest BCUT2D eigenvalue weighted by molar-refractivity contribution is 0.0141. The van der Waals surface area contributed by atoms with E-state index < -0.39 is 5.60 Å². The van der Waals surface area contributed by atoms with Gasteiger partial charge >= 0.3 is 6.09 Å². The number of hydrogen-bond donors (Lipinski definition) is 1. The maximum atomic E-state index is 11.9. The summed E-state index contributed by atoms with van der Waals surface area (Å²) in [4.78, 5) is 13.5. The van der Waals surface area contributed by atoms with Crippen LogP contribution in [0.5, 0.6) is 0 Å². The summed E-state index contributed by atoms with van der Waals surface area (Å²) < 4.78 is 5.25. The van der Waals surface area contributed by atoms with E-state index in [1.54, 1.807) is 11.0 Å². The number of rotatable bonds is 3. The molecule has 1 aliphatic heterocycles. The Labute approximate surface area is 113 Å². The minimum atomic E-state index is -0.837. The molecular formula is C15H19NO3. The molecule has 1 fully saturated rings. The highest BCUT2D eigenvalue weighted by molar-refractivity contribution is 5.67. The van der Waals surface area contributed by atoms with Gasteiger partial charge < -0.3 is 14.7 Å². The van der Waals surface area contributed by atoms with Gasteiger partial charge in [0.15, 0.2) is 0 Å². The van der Waals surface area contributed by atoms with Crippen LogP contribution in [0.25, 0.3) is 0 Å². The van der Waals surface area contributed by atoms with E-state index in [2.05, 4.69) is 6.58 Å². The van der Waals surface area contributed by atoms with Crippen molar-refractivity contribution in [3.63, 3.8) is 0 Å². The molecule has 1 saturated heterocycles. The Morgan fingerprint density at radius 2 is 2.00 bits per heavy atom. The van der Waals surface area contributed by atoms with Crippen molar-refractivity contribution < 1.29 is 14.6 Å². The van der Waals surface area contributed by atoms with Crippen LogP contribution in [-0.4, -0.2) is 34.8 Å². The highest BCUT2D eigenvalue weighted by Gasteiger charge is 2.31. The number of carbonyl (C=O) groups excluding carboxylic acids is 1. The molecular weight excluding hydrogens is 242 g/mol. The summed E-state index contributed by atoms with van der Waals surface area (Å²) in [5.41, 5.74) is 0.131. The van der Waals surface area contributed by atoms with Crippen molar-refractivity contribution in [3.8, 4) is 0 Å². The molecule has 1 heterocycles. The first-order valence-electron chi connectivity index (χ1n) is 6.44. The first kappa shape index (κ1) is 13.6. The minimum absolute atomic E-state index is 0.280. The summed E-state index contributed by atoms with van der Waals surface area (Å²) in [5.74, 6) is 0. The van der Waals surface area contributed by atoms with Gasteiger partial charge in [-0.1, -0.05) is 36.4 Å². The number of aliphatic hydroxyl groups is 1. The average molecular weight is 261 g/mol. The number of hydrogen-bond acceptors (Lipinski definition) is 3. The van der Waals surface area contributed by atoms with Gasteiger partial charge in [0.25, 0.3) is 0 Å². The van der Waals surface area contributed by atoms with Gasteiger partial charge in [0, 0.05) is 13.1 Å². The maximum Gasteiger partial charge on any atom is 0.410 e. The van der Waals surface area contributed by atoms with Crippen molar-refractivity contribution in [3.05, 3.63) is 48.6 Å². The summed E-state index contributed by atoms with van der Waals surface area (Å²) in [6, 6.07) is 9.58. The van der Waals surface area contributed by atoms with Gasteiger partial charge in [0.1, 0.15) is 6.61 Å². The third-order valence-electron chi connectivity index (χ3n) is 3.47. The number of benzene rings is 1. The van der Waals surface area contributed by atoms with Crippen LogP contribution < -0.4 is 0 Å². The van der Waals surface area contributed by atoms with E-state index in [9.17, 15) is 9.90 Å². The monoisotopic (exact) mass is 261 g/mol. The molecule has 0 spiro atoms. The number of carbonyl (C=O) groups is 1. The number of piperidine rings is 1. The van der Waals surface area contributed by atoms with E-state index in [-0.39, 0.29) is 12.7 Å². The smallest absolute Gasteiger partial charge is 0.410 e. The normalized spacial score (nSPS) is 17.8. The standard InChI is InChI=1S/C15H19NO3/c1-2-15(18)8-10-16(11-9-15)14(17)19-12-13-6-4-3-5-7-13/h2-7,18H,1,8-12H2. The molecule has 1 aromatic rings. The van der Waals surface area contributed by atoms with Crippen molar-refractivity contribution >= 4 is 6.09 Å². The molecule has 19 heavy (non-hydrogen) atoms.